The van der Waals surface area contributed by atoms with Crippen molar-refractivity contribution in [2.45, 2.75) is 68.3 Å². The van der Waals surface area contributed by atoms with E-state index in [-0.39, 0.29) is 13.2 Å². The van der Waals surface area contributed by atoms with E-state index in [1.807, 2.05) is 6.07 Å². The first-order valence-electron chi connectivity index (χ1n) is 12.9. The van der Waals surface area contributed by atoms with Gasteiger partial charge < -0.3 is 60.6 Å². The predicted molar refractivity (Wildman–Crippen MR) is 140 cm³/mol. The molecule has 0 saturated carbocycles. The van der Waals surface area contributed by atoms with Crippen LogP contribution in [0.15, 0.2) is 60.7 Å². The Morgan fingerprint density at radius 2 is 1.44 bits per heavy atom. The van der Waals surface area contributed by atoms with E-state index in [2.05, 4.69) is 10.6 Å². The normalized spacial score (nSPS) is 25.4. The molecule has 3 rings (SSSR count). The van der Waals surface area contributed by atoms with Gasteiger partial charge in [0.05, 0.1) is 13.2 Å². The minimum atomic E-state index is -2.21. The van der Waals surface area contributed by atoms with Gasteiger partial charge in [-0.15, -0.1) is 0 Å². The number of nitrogens with one attached hydrogen (secondary N) is 2. The molecule has 2 aromatic carbocycles. The molecule has 1 heterocycles. The van der Waals surface area contributed by atoms with Gasteiger partial charge >= 0.3 is 6.09 Å². The van der Waals surface area contributed by atoms with Crippen molar-refractivity contribution in [3.8, 4) is 0 Å². The lowest BCUT2D eigenvalue weighted by molar-refractivity contribution is -0.266. The van der Waals surface area contributed by atoms with E-state index in [0.29, 0.717) is 0 Å². The van der Waals surface area contributed by atoms with Crippen LogP contribution in [0.2, 0.25) is 0 Å². The van der Waals surface area contributed by atoms with Crippen LogP contribution in [0.1, 0.15) is 11.1 Å². The number of carbonyl (C=O) groups excluding carboxylic acids is 2. The van der Waals surface area contributed by atoms with E-state index in [1.54, 1.807) is 54.6 Å². The Morgan fingerprint density at radius 3 is 2.02 bits per heavy atom. The van der Waals surface area contributed by atoms with Crippen LogP contribution in [0.5, 0.6) is 0 Å². The first-order valence-corrected chi connectivity index (χ1v) is 12.9. The Bertz CT molecular complexity index is 1080. The Kier molecular flexibility index (Phi) is 12.4. The number of hydrogen-bond donors (Lipinski definition) is 9. The van der Waals surface area contributed by atoms with Gasteiger partial charge in [-0.2, -0.15) is 0 Å². The first kappa shape index (κ1) is 32.3. The van der Waals surface area contributed by atoms with Gasteiger partial charge in [-0.3, -0.25) is 4.79 Å². The molecule has 226 valence electrons. The molecule has 1 aliphatic rings. The molecule has 0 bridgehead atoms. The number of benzene rings is 2. The zero-order valence-electron chi connectivity index (χ0n) is 22.0. The van der Waals surface area contributed by atoms with Gasteiger partial charge in [-0.25, -0.2) is 4.79 Å². The van der Waals surface area contributed by atoms with Gasteiger partial charge in [0.1, 0.15) is 49.3 Å². The monoisotopic (exact) mass is 580 g/mol. The number of alkyl carbamates (subject to hydrolysis) is 1. The highest BCUT2D eigenvalue weighted by atomic mass is 16.7. The topological polar surface area (TPSA) is 227 Å². The van der Waals surface area contributed by atoms with Crippen LogP contribution < -0.4 is 10.6 Å². The van der Waals surface area contributed by atoms with Crippen molar-refractivity contribution in [1.29, 1.82) is 0 Å². The average molecular weight is 581 g/mol. The van der Waals surface area contributed by atoms with Gasteiger partial charge in [0.2, 0.25) is 0 Å². The second kappa shape index (κ2) is 15.7. The summed E-state index contributed by atoms with van der Waals surface area (Å²) in [6.45, 7) is -1.47. The Labute approximate surface area is 235 Å². The maximum absolute atomic E-state index is 12.5. The van der Waals surface area contributed by atoms with Crippen molar-refractivity contribution in [2.24, 2.45) is 0 Å². The van der Waals surface area contributed by atoms with E-state index in [0.717, 1.165) is 11.1 Å². The predicted octanol–water partition coefficient (Wildman–Crippen LogP) is -2.50. The van der Waals surface area contributed by atoms with Crippen LogP contribution >= 0.6 is 0 Å². The average Bonchev–Trinajstić information content (AvgIpc) is 3.00. The molecule has 0 radical (unpaired) electrons. The summed E-state index contributed by atoms with van der Waals surface area (Å²) in [5.74, 6) is -1.20. The minimum absolute atomic E-state index is 0.000618. The zero-order chi connectivity index (χ0) is 29.9. The third-order valence-corrected chi connectivity index (χ3v) is 6.46. The van der Waals surface area contributed by atoms with Gasteiger partial charge in [0.15, 0.2) is 12.4 Å². The SMILES string of the molecule is O=C(N[C@H]1[C@@H](OCc2ccccc2)O[C@H](CNC(=O)[C@H](O)[C@@H](O)[C@H](O)[C@H](O)CO)[C@@H](O)[C@@H]1O)OCc1ccccc1. The molecule has 0 aromatic heterocycles. The third kappa shape index (κ3) is 9.16. The Balaban J connectivity index is 1.65. The lowest BCUT2D eigenvalue weighted by Gasteiger charge is -2.42. The van der Waals surface area contributed by atoms with Gasteiger partial charge in [0, 0.05) is 6.54 Å². The number of carbonyl (C=O) groups is 2. The van der Waals surface area contributed by atoms with Crippen LogP contribution in [0, 0.1) is 0 Å². The molecule has 0 unspecified atom stereocenters. The fourth-order valence-electron chi connectivity index (χ4n) is 4.03. The van der Waals surface area contributed by atoms with Crippen LogP contribution in [-0.4, -0.2) is 116 Å². The Morgan fingerprint density at radius 1 is 0.854 bits per heavy atom. The molecule has 1 aliphatic heterocycles. The molecule has 0 aliphatic carbocycles. The van der Waals surface area contributed by atoms with E-state index in [9.17, 15) is 40.2 Å². The highest BCUT2D eigenvalue weighted by Crippen LogP contribution is 2.23. The summed E-state index contributed by atoms with van der Waals surface area (Å²) in [7, 11) is 0. The van der Waals surface area contributed by atoms with E-state index in [1.165, 1.54) is 0 Å². The smallest absolute Gasteiger partial charge is 0.407 e. The third-order valence-electron chi connectivity index (χ3n) is 6.46. The van der Waals surface area contributed by atoms with Crippen LogP contribution in [0.3, 0.4) is 0 Å². The minimum Gasteiger partial charge on any atom is -0.445 e. The standard InChI is InChI=1S/C27H36N2O12/c30-12-17(31)20(32)23(35)24(36)25(37)28-11-18-21(33)22(34)19(26(41-18)39-13-15-7-3-1-4-8-15)29-27(38)40-14-16-9-5-2-6-10-16/h1-10,17-24,26,30-36H,11-14H2,(H,28,37)(H,29,38)/t17-,18-,19-,20-,21-,22-,23+,24-,26+/m1/s1. The molecule has 2 amide bonds. The highest BCUT2D eigenvalue weighted by molar-refractivity contribution is 5.81. The highest BCUT2D eigenvalue weighted by Gasteiger charge is 2.46. The van der Waals surface area contributed by atoms with Gasteiger partial charge in [-0.1, -0.05) is 60.7 Å². The molecule has 0 spiro atoms. The molecule has 1 fully saturated rings. The van der Waals surface area contributed by atoms with Gasteiger partial charge in [-0.05, 0) is 11.1 Å². The quantitative estimate of drug-likeness (QED) is 0.120. The lowest BCUT2D eigenvalue weighted by atomic mass is 9.96. The van der Waals surface area contributed by atoms with Gasteiger partial charge in [0.25, 0.3) is 5.91 Å². The van der Waals surface area contributed by atoms with Crippen molar-refractivity contribution in [2.75, 3.05) is 13.2 Å². The fraction of sp³-hybridized carbons (Fsp3) is 0.481. The maximum atomic E-state index is 12.5. The molecule has 14 nitrogen and oxygen atoms in total. The van der Waals surface area contributed by atoms with Crippen molar-refractivity contribution < 1.29 is 59.5 Å². The van der Waals surface area contributed by atoms with Crippen LogP contribution in [0.4, 0.5) is 4.79 Å². The van der Waals surface area contributed by atoms with Crippen molar-refractivity contribution in [1.82, 2.24) is 10.6 Å². The Hall–Kier alpha value is -3.18. The zero-order valence-corrected chi connectivity index (χ0v) is 22.0. The fourth-order valence-corrected chi connectivity index (χ4v) is 4.03. The molecule has 9 N–H and O–H groups in total. The van der Waals surface area contributed by atoms with Crippen LogP contribution in [-0.2, 0) is 32.2 Å². The van der Waals surface area contributed by atoms with Crippen molar-refractivity contribution in [3.05, 3.63) is 71.8 Å². The second-order valence-corrected chi connectivity index (χ2v) is 9.47. The molecular weight excluding hydrogens is 544 g/mol. The summed E-state index contributed by atoms with van der Waals surface area (Å²) < 4.78 is 16.8. The van der Waals surface area contributed by atoms with E-state index >= 15 is 0 Å². The maximum Gasteiger partial charge on any atom is 0.407 e. The number of hydrogen-bond acceptors (Lipinski definition) is 12. The van der Waals surface area contributed by atoms with E-state index < -0.39 is 80.2 Å². The van der Waals surface area contributed by atoms with Crippen molar-refractivity contribution in [3.63, 3.8) is 0 Å². The molecular formula is C27H36N2O12. The van der Waals surface area contributed by atoms with Crippen LogP contribution in [0.25, 0.3) is 0 Å². The summed E-state index contributed by atoms with van der Waals surface area (Å²) in [6, 6.07) is 16.5. The number of amides is 2. The first-order chi connectivity index (χ1) is 19.6. The summed E-state index contributed by atoms with van der Waals surface area (Å²) >= 11 is 0. The largest absolute Gasteiger partial charge is 0.445 e. The summed E-state index contributed by atoms with van der Waals surface area (Å²) in [4.78, 5) is 24.9. The molecule has 1 saturated heterocycles. The number of ether oxygens (including phenoxy) is 3. The number of rotatable bonds is 13. The second-order valence-electron chi connectivity index (χ2n) is 9.47. The summed E-state index contributed by atoms with van der Waals surface area (Å²) in [6.07, 6.45) is -15.0. The molecule has 2 aromatic rings. The summed E-state index contributed by atoms with van der Waals surface area (Å²) in [5.41, 5.74) is 1.47. The van der Waals surface area contributed by atoms with E-state index in [4.69, 9.17) is 19.3 Å². The van der Waals surface area contributed by atoms with Crippen molar-refractivity contribution >= 4 is 12.0 Å². The number of aliphatic hydroxyl groups is 7. The lowest BCUT2D eigenvalue weighted by Crippen LogP contribution is -2.66. The number of aliphatic hydroxyl groups excluding tert-OH is 7. The molecule has 41 heavy (non-hydrogen) atoms. The summed E-state index contributed by atoms with van der Waals surface area (Å²) in [5, 5.41) is 74.2. The molecule has 14 heteroatoms. The molecule has 9 atom stereocenters.